The summed E-state index contributed by atoms with van der Waals surface area (Å²) in [6.07, 6.45) is -1.09. The van der Waals surface area contributed by atoms with E-state index in [4.69, 9.17) is 0 Å². The van der Waals surface area contributed by atoms with E-state index < -0.39 is 11.7 Å². The van der Waals surface area contributed by atoms with Crippen LogP contribution in [-0.4, -0.2) is 10.9 Å². The highest BCUT2D eigenvalue weighted by atomic mass is 19.4. The van der Waals surface area contributed by atoms with Gasteiger partial charge in [0, 0.05) is 18.1 Å². The number of nitrogens with one attached hydrogen (secondary N) is 1. The molecule has 0 unspecified atom stereocenters. The predicted octanol–water partition coefficient (Wildman–Crippen LogP) is 3.28. The molecule has 1 N–H and O–H groups in total. The standard InChI is InChI=1S/C14H11F3N2O/c15-14(16,17)11-1-3-12(4-2-11)19-13(20)9-10-5-7-18-8-6-10/h1-8H,9H2,(H,19,20). The summed E-state index contributed by atoms with van der Waals surface area (Å²) in [6.45, 7) is 0. The van der Waals surface area contributed by atoms with E-state index in [1.54, 1.807) is 24.5 Å². The lowest BCUT2D eigenvalue weighted by molar-refractivity contribution is -0.137. The van der Waals surface area contributed by atoms with Crippen molar-refractivity contribution >= 4 is 11.6 Å². The third-order valence-corrected chi connectivity index (χ3v) is 2.61. The van der Waals surface area contributed by atoms with Crippen LogP contribution in [0.1, 0.15) is 11.1 Å². The van der Waals surface area contributed by atoms with Crippen LogP contribution in [0.25, 0.3) is 0 Å². The summed E-state index contributed by atoms with van der Waals surface area (Å²) in [6, 6.07) is 7.73. The highest BCUT2D eigenvalue weighted by Gasteiger charge is 2.29. The second-order valence-electron chi connectivity index (χ2n) is 4.16. The fraction of sp³-hybridized carbons (Fsp3) is 0.143. The van der Waals surface area contributed by atoms with E-state index in [0.717, 1.165) is 17.7 Å². The van der Waals surface area contributed by atoms with Crippen molar-refractivity contribution in [2.45, 2.75) is 12.6 Å². The molecule has 20 heavy (non-hydrogen) atoms. The lowest BCUT2D eigenvalue weighted by atomic mass is 10.1. The van der Waals surface area contributed by atoms with E-state index in [2.05, 4.69) is 10.3 Å². The number of rotatable bonds is 3. The minimum atomic E-state index is -4.38. The molecule has 6 heteroatoms. The summed E-state index contributed by atoms with van der Waals surface area (Å²) in [4.78, 5) is 15.5. The van der Waals surface area contributed by atoms with Gasteiger partial charge in [0.2, 0.25) is 5.91 Å². The van der Waals surface area contributed by atoms with Crippen LogP contribution in [0.5, 0.6) is 0 Å². The quantitative estimate of drug-likeness (QED) is 0.937. The SMILES string of the molecule is O=C(Cc1ccncc1)Nc1ccc(C(F)(F)F)cc1. The van der Waals surface area contributed by atoms with Gasteiger partial charge in [-0.25, -0.2) is 0 Å². The zero-order valence-electron chi connectivity index (χ0n) is 10.3. The van der Waals surface area contributed by atoms with Crippen molar-refractivity contribution in [3.05, 3.63) is 59.9 Å². The molecule has 1 aromatic heterocycles. The normalized spacial score (nSPS) is 11.2. The molecule has 0 aliphatic heterocycles. The monoisotopic (exact) mass is 280 g/mol. The molecule has 0 saturated carbocycles. The molecule has 1 aromatic carbocycles. The summed E-state index contributed by atoms with van der Waals surface area (Å²) in [7, 11) is 0. The average Bonchev–Trinajstić information content (AvgIpc) is 2.39. The van der Waals surface area contributed by atoms with Gasteiger partial charge >= 0.3 is 6.18 Å². The molecule has 2 rings (SSSR count). The molecule has 2 aromatic rings. The third kappa shape index (κ3) is 3.81. The summed E-state index contributed by atoms with van der Waals surface area (Å²) in [5, 5.41) is 2.54. The zero-order chi connectivity index (χ0) is 14.6. The van der Waals surface area contributed by atoms with Crippen molar-refractivity contribution in [1.29, 1.82) is 0 Å². The molecule has 1 amide bonds. The zero-order valence-corrected chi connectivity index (χ0v) is 10.3. The number of aromatic nitrogens is 1. The van der Waals surface area contributed by atoms with Crippen LogP contribution in [-0.2, 0) is 17.4 Å². The summed E-state index contributed by atoms with van der Waals surface area (Å²) in [5.41, 5.74) is 0.367. The van der Waals surface area contributed by atoms with Crippen LogP contribution in [0.3, 0.4) is 0 Å². The number of anilines is 1. The smallest absolute Gasteiger partial charge is 0.326 e. The Morgan fingerprint density at radius 2 is 1.65 bits per heavy atom. The maximum Gasteiger partial charge on any atom is 0.416 e. The van der Waals surface area contributed by atoms with Gasteiger partial charge in [0.15, 0.2) is 0 Å². The molecule has 3 nitrogen and oxygen atoms in total. The predicted molar refractivity (Wildman–Crippen MR) is 68.0 cm³/mol. The van der Waals surface area contributed by atoms with Gasteiger partial charge in [0.1, 0.15) is 0 Å². The number of pyridine rings is 1. The Morgan fingerprint density at radius 1 is 1.05 bits per heavy atom. The molecule has 0 spiro atoms. The van der Waals surface area contributed by atoms with E-state index in [1.165, 1.54) is 12.1 Å². The Hall–Kier alpha value is -2.37. The van der Waals surface area contributed by atoms with Crippen LogP contribution in [0.2, 0.25) is 0 Å². The van der Waals surface area contributed by atoms with Crippen LogP contribution in [0, 0.1) is 0 Å². The van der Waals surface area contributed by atoms with Crippen LogP contribution in [0.15, 0.2) is 48.8 Å². The fourth-order valence-corrected chi connectivity index (χ4v) is 1.63. The topological polar surface area (TPSA) is 42.0 Å². The van der Waals surface area contributed by atoms with Crippen molar-refractivity contribution in [3.8, 4) is 0 Å². The highest BCUT2D eigenvalue weighted by molar-refractivity contribution is 5.92. The van der Waals surface area contributed by atoms with Gasteiger partial charge in [-0.2, -0.15) is 13.2 Å². The van der Waals surface area contributed by atoms with E-state index in [9.17, 15) is 18.0 Å². The lowest BCUT2D eigenvalue weighted by Gasteiger charge is -2.08. The molecule has 104 valence electrons. The third-order valence-electron chi connectivity index (χ3n) is 2.61. The van der Waals surface area contributed by atoms with Crippen LogP contribution in [0.4, 0.5) is 18.9 Å². The number of nitrogens with zero attached hydrogens (tertiary/aromatic N) is 1. The fourth-order valence-electron chi connectivity index (χ4n) is 1.63. The van der Waals surface area contributed by atoms with Gasteiger partial charge in [-0.1, -0.05) is 0 Å². The Morgan fingerprint density at radius 3 is 2.20 bits per heavy atom. The van der Waals surface area contributed by atoms with E-state index >= 15 is 0 Å². The van der Waals surface area contributed by atoms with Gasteiger partial charge in [-0.3, -0.25) is 9.78 Å². The Labute approximate surface area is 113 Å². The molecule has 0 aliphatic rings. The number of amides is 1. The summed E-state index contributed by atoms with van der Waals surface area (Å²) >= 11 is 0. The summed E-state index contributed by atoms with van der Waals surface area (Å²) in [5.74, 6) is -0.295. The highest BCUT2D eigenvalue weighted by Crippen LogP contribution is 2.29. The number of hydrogen-bond donors (Lipinski definition) is 1. The maximum atomic E-state index is 12.4. The molecular weight excluding hydrogens is 269 g/mol. The van der Waals surface area contributed by atoms with Crippen molar-refractivity contribution in [2.24, 2.45) is 0 Å². The Balaban J connectivity index is 1.98. The average molecular weight is 280 g/mol. The second-order valence-corrected chi connectivity index (χ2v) is 4.16. The molecule has 0 atom stereocenters. The molecule has 0 bridgehead atoms. The van der Waals surface area contributed by atoms with Crippen LogP contribution < -0.4 is 5.32 Å². The van der Waals surface area contributed by atoms with Gasteiger partial charge in [0.25, 0.3) is 0 Å². The Bertz CT molecular complexity index is 580. The number of alkyl halides is 3. The van der Waals surface area contributed by atoms with Gasteiger partial charge in [-0.05, 0) is 42.0 Å². The molecule has 0 fully saturated rings. The van der Waals surface area contributed by atoms with Gasteiger partial charge in [-0.15, -0.1) is 0 Å². The number of hydrogen-bond acceptors (Lipinski definition) is 2. The van der Waals surface area contributed by atoms with E-state index in [-0.39, 0.29) is 12.3 Å². The minimum Gasteiger partial charge on any atom is -0.326 e. The molecular formula is C14H11F3N2O. The number of carbonyl (C=O) groups is 1. The van der Waals surface area contributed by atoms with E-state index in [0.29, 0.717) is 5.69 Å². The Kier molecular flexibility index (Phi) is 4.02. The first kappa shape index (κ1) is 14.0. The number of carbonyl (C=O) groups excluding carboxylic acids is 1. The van der Waals surface area contributed by atoms with Crippen molar-refractivity contribution < 1.29 is 18.0 Å². The van der Waals surface area contributed by atoms with Crippen molar-refractivity contribution in [1.82, 2.24) is 4.98 Å². The molecule has 0 saturated heterocycles. The maximum absolute atomic E-state index is 12.4. The molecule has 1 heterocycles. The lowest BCUT2D eigenvalue weighted by Crippen LogP contribution is -2.14. The number of halogens is 3. The van der Waals surface area contributed by atoms with Crippen molar-refractivity contribution in [3.63, 3.8) is 0 Å². The molecule has 0 radical (unpaired) electrons. The first-order chi connectivity index (χ1) is 9.45. The largest absolute Gasteiger partial charge is 0.416 e. The van der Waals surface area contributed by atoms with Gasteiger partial charge in [0.05, 0.1) is 12.0 Å². The van der Waals surface area contributed by atoms with Crippen LogP contribution >= 0.6 is 0 Å². The first-order valence-electron chi connectivity index (χ1n) is 5.81. The minimum absolute atomic E-state index is 0.142. The summed E-state index contributed by atoms with van der Waals surface area (Å²) < 4.78 is 37.1. The van der Waals surface area contributed by atoms with Gasteiger partial charge < -0.3 is 5.32 Å². The second kappa shape index (κ2) is 5.73. The number of benzene rings is 1. The van der Waals surface area contributed by atoms with E-state index in [1.807, 2.05) is 0 Å². The van der Waals surface area contributed by atoms with Crippen molar-refractivity contribution in [2.75, 3.05) is 5.32 Å². The molecule has 0 aliphatic carbocycles. The first-order valence-corrected chi connectivity index (χ1v) is 5.81.